The number of pyridine rings is 2. The zero-order chi connectivity index (χ0) is 17.1. The van der Waals surface area contributed by atoms with Gasteiger partial charge < -0.3 is 15.0 Å². The van der Waals surface area contributed by atoms with E-state index in [2.05, 4.69) is 20.3 Å². The Bertz CT molecular complexity index is 1030. The molecular formula is C19H14N4O2. The predicted molar refractivity (Wildman–Crippen MR) is 94.8 cm³/mol. The van der Waals surface area contributed by atoms with Gasteiger partial charge in [-0.1, -0.05) is 6.07 Å². The molecule has 1 amide bonds. The largest absolute Gasteiger partial charge is 0.457 e. The van der Waals surface area contributed by atoms with Crippen molar-refractivity contribution in [3.63, 3.8) is 0 Å². The van der Waals surface area contributed by atoms with Crippen molar-refractivity contribution in [2.24, 2.45) is 0 Å². The second kappa shape index (κ2) is 6.45. The van der Waals surface area contributed by atoms with Gasteiger partial charge in [-0.25, -0.2) is 4.98 Å². The maximum Gasteiger partial charge on any atom is 0.257 e. The molecule has 6 heteroatoms. The molecule has 25 heavy (non-hydrogen) atoms. The van der Waals surface area contributed by atoms with Crippen LogP contribution in [0.3, 0.4) is 0 Å². The number of nitrogens with one attached hydrogen (secondary N) is 2. The van der Waals surface area contributed by atoms with E-state index in [0.29, 0.717) is 28.4 Å². The Hall–Kier alpha value is -3.67. The van der Waals surface area contributed by atoms with E-state index in [1.165, 1.54) is 0 Å². The first-order valence-electron chi connectivity index (χ1n) is 7.71. The summed E-state index contributed by atoms with van der Waals surface area (Å²) in [6.07, 6.45) is 6.66. The number of benzene rings is 1. The summed E-state index contributed by atoms with van der Waals surface area (Å²) < 4.78 is 5.75. The van der Waals surface area contributed by atoms with Gasteiger partial charge in [-0.05, 0) is 36.4 Å². The lowest BCUT2D eigenvalue weighted by atomic mass is 10.2. The minimum Gasteiger partial charge on any atom is -0.457 e. The number of ether oxygens (including phenoxy) is 1. The Morgan fingerprint density at radius 3 is 2.76 bits per heavy atom. The normalized spacial score (nSPS) is 10.6. The maximum atomic E-state index is 12.6. The summed E-state index contributed by atoms with van der Waals surface area (Å²) in [4.78, 5) is 23.7. The molecule has 0 unspecified atom stereocenters. The number of carbonyl (C=O) groups excluding carboxylic acids is 1. The van der Waals surface area contributed by atoms with Crippen LogP contribution in [0.15, 0.2) is 73.3 Å². The average molecular weight is 330 g/mol. The lowest BCUT2D eigenvalue weighted by Crippen LogP contribution is -2.11. The van der Waals surface area contributed by atoms with E-state index in [0.717, 1.165) is 5.39 Å². The van der Waals surface area contributed by atoms with Gasteiger partial charge in [0.25, 0.3) is 5.91 Å². The molecular weight excluding hydrogens is 316 g/mol. The highest BCUT2D eigenvalue weighted by Crippen LogP contribution is 2.24. The van der Waals surface area contributed by atoms with Crippen LogP contribution >= 0.6 is 0 Å². The number of anilines is 1. The summed E-state index contributed by atoms with van der Waals surface area (Å²) in [5, 5.41) is 3.67. The standard InChI is InChI=1S/C19H14N4O2/c24-19(17-12-22-18-16(17)5-2-8-21-18)23-13-3-1-4-15(11-13)25-14-6-9-20-10-7-14/h1-12H,(H,21,22)(H,23,24). The predicted octanol–water partition coefficient (Wildman–Crippen LogP) is 4.00. The summed E-state index contributed by atoms with van der Waals surface area (Å²) in [6.45, 7) is 0. The molecule has 1 aromatic carbocycles. The zero-order valence-corrected chi connectivity index (χ0v) is 13.1. The van der Waals surface area contributed by atoms with Crippen molar-refractivity contribution in [2.75, 3.05) is 5.32 Å². The Morgan fingerprint density at radius 1 is 1.00 bits per heavy atom. The summed E-state index contributed by atoms with van der Waals surface area (Å²) in [5.41, 5.74) is 1.88. The van der Waals surface area contributed by atoms with E-state index in [9.17, 15) is 4.79 Å². The van der Waals surface area contributed by atoms with E-state index < -0.39 is 0 Å². The number of amides is 1. The minimum atomic E-state index is -0.208. The van der Waals surface area contributed by atoms with Crippen molar-refractivity contribution in [3.05, 3.63) is 78.9 Å². The van der Waals surface area contributed by atoms with Crippen LogP contribution in [0.1, 0.15) is 10.4 Å². The van der Waals surface area contributed by atoms with Crippen molar-refractivity contribution in [2.45, 2.75) is 0 Å². The van der Waals surface area contributed by atoms with Crippen LogP contribution < -0.4 is 10.1 Å². The number of hydrogen-bond donors (Lipinski definition) is 2. The highest BCUT2D eigenvalue weighted by atomic mass is 16.5. The highest BCUT2D eigenvalue weighted by molar-refractivity contribution is 6.12. The SMILES string of the molecule is O=C(Nc1cccc(Oc2ccncc2)c1)c1c[nH]c2ncccc12. The van der Waals surface area contributed by atoms with Gasteiger partial charge in [0.2, 0.25) is 0 Å². The summed E-state index contributed by atoms with van der Waals surface area (Å²) in [7, 11) is 0. The molecule has 0 spiro atoms. The fourth-order valence-electron chi connectivity index (χ4n) is 2.52. The first-order valence-corrected chi connectivity index (χ1v) is 7.71. The highest BCUT2D eigenvalue weighted by Gasteiger charge is 2.12. The van der Waals surface area contributed by atoms with Crippen LogP contribution in [0.5, 0.6) is 11.5 Å². The lowest BCUT2D eigenvalue weighted by molar-refractivity contribution is 0.102. The van der Waals surface area contributed by atoms with Crippen LogP contribution in [0, 0.1) is 0 Å². The fraction of sp³-hybridized carbons (Fsp3) is 0. The molecule has 0 aliphatic carbocycles. The van der Waals surface area contributed by atoms with Gasteiger partial charge >= 0.3 is 0 Å². The summed E-state index contributed by atoms with van der Waals surface area (Å²) >= 11 is 0. The second-order valence-electron chi connectivity index (χ2n) is 5.37. The molecule has 0 aliphatic heterocycles. The van der Waals surface area contributed by atoms with E-state index in [-0.39, 0.29) is 5.91 Å². The molecule has 0 saturated carbocycles. The number of nitrogens with zero attached hydrogens (tertiary/aromatic N) is 2. The number of carbonyl (C=O) groups is 1. The third-order valence-electron chi connectivity index (χ3n) is 3.67. The molecule has 2 N–H and O–H groups in total. The molecule has 122 valence electrons. The minimum absolute atomic E-state index is 0.208. The van der Waals surface area contributed by atoms with E-state index in [1.54, 1.807) is 49.1 Å². The van der Waals surface area contributed by atoms with Crippen molar-refractivity contribution in [1.29, 1.82) is 0 Å². The molecule has 0 aliphatic rings. The number of aromatic amines is 1. The Morgan fingerprint density at radius 2 is 1.88 bits per heavy atom. The van der Waals surface area contributed by atoms with Crippen molar-refractivity contribution in [3.8, 4) is 11.5 Å². The molecule has 0 fully saturated rings. The quantitative estimate of drug-likeness (QED) is 0.592. The molecule has 0 bridgehead atoms. The zero-order valence-electron chi connectivity index (χ0n) is 13.1. The molecule has 4 aromatic rings. The molecule has 4 rings (SSSR count). The Kier molecular flexibility index (Phi) is 3.84. The van der Waals surface area contributed by atoms with Gasteiger partial charge in [0.1, 0.15) is 17.1 Å². The van der Waals surface area contributed by atoms with Crippen LogP contribution in [-0.2, 0) is 0 Å². The van der Waals surface area contributed by atoms with Crippen LogP contribution in [-0.4, -0.2) is 20.9 Å². The number of fused-ring (bicyclic) bond motifs is 1. The summed E-state index contributed by atoms with van der Waals surface area (Å²) in [6, 6.07) is 14.4. The average Bonchev–Trinajstić information content (AvgIpc) is 3.07. The maximum absolute atomic E-state index is 12.6. The first kappa shape index (κ1) is 14.9. The monoisotopic (exact) mass is 330 g/mol. The van der Waals surface area contributed by atoms with E-state index in [1.807, 2.05) is 24.3 Å². The fourth-order valence-corrected chi connectivity index (χ4v) is 2.52. The molecule has 3 aromatic heterocycles. The number of H-pyrrole nitrogens is 1. The van der Waals surface area contributed by atoms with Crippen molar-refractivity contribution in [1.82, 2.24) is 15.0 Å². The van der Waals surface area contributed by atoms with Gasteiger partial charge in [0, 0.05) is 41.9 Å². The van der Waals surface area contributed by atoms with Crippen molar-refractivity contribution < 1.29 is 9.53 Å². The third-order valence-corrected chi connectivity index (χ3v) is 3.67. The van der Waals surface area contributed by atoms with E-state index >= 15 is 0 Å². The van der Waals surface area contributed by atoms with Gasteiger partial charge in [-0.2, -0.15) is 0 Å². The van der Waals surface area contributed by atoms with Gasteiger partial charge in [0.05, 0.1) is 5.56 Å². The molecule has 6 nitrogen and oxygen atoms in total. The van der Waals surface area contributed by atoms with E-state index in [4.69, 9.17) is 4.74 Å². The summed E-state index contributed by atoms with van der Waals surface area (Å²) in [5.74, 6) is 1.10. The van der Waals surface area contributed by atoms with Gasteiger partial charge in [-0.3, -0.25) is 9.78 Å². The van der Waals surface area contributed by atoms with Gasteiger partial charge in [0.15, 0.2) is 0 Å². The Balaban J connectivity index is 1.54. The topological polar surface area (TPSA) is 79.9 Å². The molecule has 0 saturated heterocycles. The lowest BCUT2D eigenvalue weighted by Gasteiger charge is -2.08. The number of aromatic nitrogens is 3. The van der Waals surface area contributed by atoms with Crippen LogP contribution in [0.2, 0.25) is 0 Å². The van der Waals surface area contributed by atoms with Crippen LogP contribution in [0.25, 0.3) is 11.0 Å². The third kappa shape index (κ3) is 3.18. The second-order valence-corrected chi connectivity index (χ2v) is 5.37. The molecule has 0 radical (unpaired) electrons. The first-order chi connectivity index (χ1) is 12.3. The molecule has 3 heterocycles. The molecule has 0 atom stereocenters. The number of hydrogen-bond acceptors (Lipinski definition) is 4. The van der Waals surface area contributed by atoms with Crippen LogP contribution in [0.4, 0.5) is 5.69 Å². The van der Waals surface area contributed by atoms with Gasteiger partial charge in [-0.15, -0.1) is 0 Å². The Labute approximate surface area is 143 Å². The smallest absolute Gasteiger partial charge is 0.257 e. The number of rotatable bonds is 4. The van der Waals surface area contributed by atoms with Crippen molar-refractivity contribution >= 4 is 22.6 Å².